The van der Waals surface area contributed by atoms with Crippen molar-refractivity contribution in [2.45, 2.75) is 61.3 Å². The van der Waals surface area contributed by atoms with Crippen LogP contribution in [0.4, 0.5) is 4.39 Å². The molecule has 0 aromatic carbocycles. The van der Waals surface area contributed by atoms with E-state index in [2.05, 4.69) is 0 Å². The standard InChI is InChI=1S/C12H22FNO9/c13-1-3-6(15)8(17)5(14)12(23-3)21-2-4-7(16)9(18)10(19)11(20)22-4/h3-12,15-20H,1-2,14H2/t3-,4-,5+,6-,7-,8-,9+,10+,11+,12+/m1/s1. The molecule has 0 aliphatic carbocycles. The average molecular weight is 343 g/mol. The predicted octanol–water partition coefficient (Wildman–Crippen LogP) is -4.45. The highest BCUT2D eigenvalue weighted by molar-refractivity contribution is 4.92. The lowest BCUT2D eigenvalue weighted by Crippen LogP contribution is -2.63. The van der Waals surface area contributed by atoms with Crippen LogP contribution < -0.4 is 5.73 Å². The molecule has 0 aromatic rings. The third kappa shape index (κ3) is 3.79. The van der Waals surface area contributed by atoms with Crippen molar-refractivity contribution < 1.29 is 49.2 Å². The summed E-state index contributed by atoms with van der Waals surface area (Å²) >= 11 is 0. The summed E-state index contributed by atoms with van der Waals surface area (Å²) in [6.07, 6.45) is -13.4. The summed E-state index contributed by atoms with van der Waals surface area (Å²) in [7, 11) is 0. The van der Waals surface area contributed by atoms with Gasteiger partial charge in [-0.2, -0.15) is 0 Å². The van der Waals surface area contributed by atoms with Gasteiger partial charge in [0.05, 0.1) is 12.6 Å². The Bertz CT molecular complexity index is 390. The number of alkyl halides is 1. The van der Waals surface area contributed by atoms with Crippen LogP contribution in [0.25, 0.3) is 0 Å². The van der Waals surface area contributed by atoms with Gasteiger partial charge >= 0.3 is 0 Å². The van der Waals surface area contributed by atoms with E-state index < -0.39 is 74.6 Å². The second-order valence-electron chi connectivity index (χ2n) is 5.63. The molecule has 0 amide bonds. The summed E-state index contributed by atoms with van der Waals surface area (Å²) in [5.41, 5.74) is 5.63. The van der Waals surface area contributed by atoms with E-state index in [1.807, 2.05) is 0 Å². The van der Waals surface area contributed by atoms with Gasteiger partial charge in [-0.3, -0.25) is 0 Å². The van der Waals surface area contributed by atoms with Crippen LogP contribution in [0.3, 0.4) is 0 Å². The highest BCUT2D eigenvalue weighted by Gasteiger charge is 2.46. The average Bonchev–Trinajstić information content (AvgIpc) is 2.54. The Kier molecular flexibility index (Phi) is 6.24. The van der Waals surface area contributed by atoms with E-state index in [1.54, 1.807) is 0 Å². The number of rotatable bonds is 4. The van der Waals surface area contributed by atoms with Gasteiger partial charge in [-0.25, -0.2) is 4.39 Å². The molecule has 0 aromatic heterocycles. The van der Waals surface area contributed by atoms with E-state index >= 15 is 0 Å². The molecular weight excluding hydrogens is 321 g/mol. The molecule has 0 saturated carbocycles. The summed E-state index contributed by atoms with van der Waals surface area (Å²) < 4.78 is 28.0. The minimum atomic E-state index is -1.73. The van der Waals surface area contributed by atoms with Crippen LogP contribution >= 0.6 is 0 Å². The normalized spacial score (nSPS) is 51.7. The maximum Gasteiger partial charge on any atom is 0.184 e. The van der Waals surface area contributed by atoms with Gasteiger partial charge in [0, 0.05) is 0 Å². The van der Waals surface area contributed by atoms with Gasteiger partial charge in [-0.05, 0) is 0 Å². The summed E-state index contributed by atoms with van der Waals surface area (Å²) in [4.78, 5) is 0. The van der Waals surface area contributed by atoms with E-state index in [-0.39, 0.29) is 0 Å². The SMILES string of the molecule is N[C@@H]1[C@@H](OC[C@H]2O[C@H](O)[C@@H](O)[C@@H](O)[C@@H]2O)O[C@H](CF)[C@@H](O)[C@@H]1O. The molecule has 23 heavy (non-hydrogen) atoms. The lowest BCUT2D eigenvalue weighted by Gasteiger charge is -2.42. The third-order valence-corrected chi connectivity index (χ3v) is 4.01. The van der Waals surface area contributed by atoms with Crippen molar-refractivity contribution in [2.75, 3.05) is 13.3 Å². The quantitative estimate of drug-likeness (QED) is 0.264. The molecule has 0 spiro atoms. The number of hydrogen-bond acceptors (Lipinski definition) is 10. The molecule has 10 nitrogen and oxygen atoms in total. The number of nitrogens with two attached hydrogens (primary N) is 1. The molecule has 0 bridgehead atoms. The van der Waals surface area contributed by atoms with Gasteiger partial charge in [0.25, 0.3) is 0 Å². The van der Waals surface area contributed by atoms with Crippen molar-refractivity contribution in [2.24, 2.45) is 5.73 Å². The summed E-state index contributed by atoms with van der Waals surface area (Å²) in [5, 5.41) is 57.4. The van der Waals surface area contributed by atoms with E-state index in [0.717, 1.165) is 0 Å². The van der Waals surface area contributed by atoms with Crippen LogP contribution in [-0.2, 0) is 14.2 Å². The number of ether oxygens (including phenoxy) is 3. The van der Waals surface area contributed by atoms with Crippen molar-refractivity contribution in [3.63, 3.8) is 0 Å². The second kappa shape index (κ2) is 7.61. The fourth-order valence-corrected chi connectivity index (χ4v) is 2.49. The van der Waals surface area contributed by atoms with Crippen LogP contribution in [0.1, 0.15) is 0 Å². The molecule has 8 N–H and O–H groups in total. The smallest absolute Gasteiger partial charge is 0.184 e. The molecule has 2 saturated heterocycles. The third-order valence-electron chi connectivity index (χ3n) is 4.01. The van der Waals surface area contributed by atoms with E-state index in [4.69, 9.17) is 19.9 Å². The minimum absolute atomic E-state index is 0.428. The molecule has 2 fully saturated rings. The Morgan fingerprint density at radius 3 is 2.04 bits per heavy atom. The Balaban J connectivity index is 1.94. The molecule has 136 valence electrons. The van der Waals surface area contributed by atoms with Gasteiger partial charge in [-0.15, -0.1) is 0 Å². The molecule has 10 atom stereocenters. The maximum atomic E-state index is 12.8. The monoisotopic (exact) mass is 343 g/mol. The maximum absolute atomic E-state index is 12.8. The Morgan fingerprint density at radius 2 is 1.43 bits per heavy atom. The summed E-state index contributed by atoms with van der Waals surface area (Å²) in [5.74, 6) is 0. The van der Waals surface area contributed by atoms with Crippen molar-refractivity contribution >= 4 is 0 Å². The number of aliphatic hydroxyl groups is 6. The minimum Gasteiger partial charge on any atom is -0.388 e. The first kappa shape index (κ1) is 18.9. The molecular formula is C12H22FNO9. The fourth-order valence-electron chi connectivity index (χ4n) is 2.49. The highest BCUT2D eigenvalue weighted by atomic mass is 19.1. The van der Waals surface area contributed by atoms with Gasteiger partial charge in [0.2, 0.25) is 0 Å². The van der Waals surface area contributed by atoms with Gasteiger partial charge in [0.15, 0.2) is 12.6 Å². The van der Waals surface area contributed by atoms with Crippen molar-refractivity contribution in [1.29, 1.82) is 0 Å². The fraction of sp³-hybridized carbons (Fsp3) is 1.00. The van der Waals surface area contributed by atoms with Crippen molar-refractivity contribution in [3.05, 3.63) is 0 Å². The predicted molar refractivity (Wildman–Crippen MR) is 69.5 cm³/mol. The summed E-state index contributed by atoms with van der Waals surface area (Å²) in [6, 6.07) is -1.19. The van der Waals surface area contributed by atoms with Crippen LogP contribution in [-0.4, -0.2) is 105 Å². The number of halogens is 1. The zero-order valence-corrected chi connectivity index (χ0v) is 12.1. The van der Waals surface area contributed by atoms with E-state index in [1.165, 1.54) is 0 Å². The zero-order valence-electron chi connectivity index (χ0n) is 12.1. The first-order valence-electron chi connectivity index (χ1n) is 7.10. The summed E-state index contributed by atoms with van der Waals surface area (Å²) in [6.45, 7) is -1.50. The van der Waals surface area contributed by atoms with Crippen LogP contribution in [0, 0.1) is 0 Å². The zero-order chi connectivity index (χ0) is 17.3. The molecule has 11 heteroatoms. The first-order chi connectivity index (χ1) is 10.8. The lowest BCUT2D eigenvalue weighted by atomic mass is 9.97. The van der Waals surface area contributed by atoms with Crippen molar-refractivity contribution in [1.82, 2.24) is 0 Å². The van der Waals surface area contributed by atoms with Crippen LogP contribution in [0.2, 0.25) is 0 Å². The van der Waals surface area contributed by atoms with E-state index in [9.17, 15) is 35.0 Å². The molecule has 0 unspecified atom stereocenters. The van der Waals surface area contributed by atoms with Gasteiger partial charge in [0.1, 0.15) is 49.4 Å². The van der Waals surface area contributed by atoms with E-state index in [0.29, 0.717) is 0 Å². The van der Waals surface area contributed by atoms with Gasteiger partial charge < -0.3 is 50.6 Å². The van der Waals surface area contributed by atoms with Gasteiger partial charge in [-0.1, -0.05) is 0 Å². The molecule has 2 heterocycles. The van der Waals surface area contributed by atoms with Crippen LogP contribution in [0.5, 0.6) is 0 Å². The largest absolute Gasteiger partial charge is 0.388 e. The van der Waals surface area contributed by atoms with Crippen LogP contribution in [0.15, 0.2) is 0 Å². The Hall–Kier alpha value is -0.470. The lowest BCUT2D eigenvalue weighted by molar-refractivity contribution is -0.309. The topological polar surface area (TPSA) is 175 Å². The highest BCUT2D eigenvalue weighted by Crippen LogP contribution is 2.24. The van der Waals surface area contributed by atoms with Crippen molar-refractivity contribution in [3.8, 4) is 0 Å². The Labute approximate surface area is 130 Å². The number of aliphatic hydroxyl groups excluding tert-OH is 6. The second-order valence-corrected chi connectivity index (χ2v) is 5.63. The Morgan fingerprint density at radius 1 is 0.826 bits per heavy atom. The first-order valence-corrected chi connectivity index (χ1v) is 7.10. The molecule has 2 rings (SSSR count). The molecule has 0 radical (unpaired) electrons. The number of hydrogen-bond donors (Lipinski definition) is 7. The molecule has 2 aliphatic rings. The molecule has 2 aliphatic heterocycles.